The molecule has 0 saturated carbocycles. The van der Waals surface area contributed by atoms with Crippen LogP contribution in [0.5, 0.6) is 0 Å². The van der Waals surface area contributed by atoms with Crippen molar-refractivity contribution in [2.75, 3.05) is 13.1 Å². The molecule has 1 aromatic heterocycles. The van der Waals surface area contributed by atoms with Crippen LogP contribution in [0.1, 0.15) is 28.9 Å². The van der Waals surface area contributed by atoms with Crippen LogP contribution in [-0.2, 0) is 5.60 Å². The topological polar surface area (TPSA) is 53.4 Å². The van der Waals surface area contributed by atoms with Gasteiger partial charge >= 0.3 is 0 Å². The number of amides is 1. The third kappa shape index (κ3) is 2.85. The van der Waals surface area contributed by atoms with E-state index < -0.39 is 5.60 Å². The minimum atomic E-state index is -0.985. The van der Waals surface area contributed by atoms with Gasteiger partial charge in [-0.2, -0.15) is 0 Å². The predicted octanol–water partition coefficient (Wildman–Crippen LogP) is 2.34. The Morgan fingerprint density at radius 3 is 2.41 bits per heavy atom. The maximum atomic E-state index is 12.9. The molecule has 1 aromatic carbocycles. The first-order valence-electron chi connectivity index (χ1n) is 7.27. The van der Waals surface area contributed by atoms with E-state index in [4.69, 9.17) is 0 Å². The molecule has 1 saturated heterocycles. The van der Waals surface area contributed by atoms with Crippen LogP contribution in [0.2, 0.25) is 0 Å². The lowest BCUT2D eigenvalue weighted by Crippen LogP contribution is -2.45. The molecule has 0 atom stereocenters. The van der Waals surface area contributed by atoms with Crippen molar-refractivity contribution in [1.82, 2.24) is 9.88 Å². The van der Waals surface area contributed by atoms with Gasteiger partial charge in [0.15, 0.2) is 0 Å². The third-order valence-corrected chi connectivity index (χ3v) is 4.11. The highest BCUT2D eigenvalue weighted by molar-refractivity contribution is 5.94. The molecule has 0 bridgehead atoms. The van der Waals surface area contributed by atoms with E-state index in [0.29, 0.717) is 37.2 Å². The van der Waals surface area contributed by atoms with Crippen molar-refractivity contribution >= 4 is 5.91 Å². The average Bonchev–Trinajstić information content (AvgIpc) is 2.56. The normalized spacial score (nSPS) is 17.3. The zero-order valence-electron chi connectivity index (χ0n) is 12.1. The monoisotopic (exact) mass is 300 g/mol. The Kier molecular flexibility index (Phi) is 3.90. The summed E-state index contributed by atoms with van der Waals surface area (Å²) in [7, 11) is 0. The largest absolute Gasteiger partial charge is 0.383 e. The first-order chi connectivity index (χ1) is 10.6. The van der Waals surface area contributed by atoms with Gasteiger partial charge in [-0.1, -0.05) is 6.07 Å². The van der Waals surface area contributed by atoms with E-state index >= 15 is 0 Å². The molecule has 1 amide bonds. The number of hydrogen-bond acceptors (Lipinski definition) is 3. The second-order valence-electron chi connectivity index (χ2n) is 5.55. The number of aliphatic hydroxyl groups is 1. The van der Waals surface area contributed by atoms with Crippen molar-refractivity contribution < 1.29 is 14.3 Å². The second kappa shape index (κ2) is 5.85. The van der Waals surface area contributed by atoms with Crippen LogP contribution in [0.25, 0.3) is 0 Å². The molecule has 2 heterocycles. The molecule has 1 fully saturated rings. The Morgan fingerprint density at radius 2 is 1.82 bits per heavy atom. The van der Waals surface area contributed by atoms with Gasteiger partial charge < -0.3 is 10.0 Å². The Bertz CT molecular complexity index is 650. The van der Waals surface area contributed by atoms with Crippen LogP contribution in [0.4, 0.5) is 4.39 Å². The quantitative estimate of drug-likeness (QED) is 0.926. The molecule has 114 valence electrons. The maximum absolute atomic E-state index is 12.9. The molecular formula is C17H17FN2O2. The number of rotatable bonds is 2. The highest BCUT2D eigenvalue weighted by Crippen LogP contribution is 2.31. The summed E-state index contributed by atoms with van der Waals surface area (Å²) in [6, 6.07) is 11.0. The zero-order chi connectivity index (χ0) is 15.6. The molecule has 2 aromatic rings. The summed E-state index contributed by atoms with van der Waals surface area (Å²) in [5.41, 5.74) is 0.120. The van der Waals surface area contributed by atoms with Crippen LogP contribution >= 0.6 is 0 Å². The molecular weight excluding hydrogens is 283 g/mol. The molecule has 22 heavy (non-hydrogen) atoms. The lowest BCUT2D eigenvalue weighted by atomic mass is 9.87. The molecule has 5 heteroatoms. The van der Waals surface area contributed by atoms with Gasteiger partial charge in [0.05, 0.1) is 5.69 Å². The van der Waals surface area contributed by atoms with Crippen LogP contribution in [0, 0.1) is 5.82 Å². The second-order valence-corrected chi connectivity index (χ2v) is 5.55. The summed E-state index contributed by atoms with van der Waals surface area (Å²) in [5, 5.41) is 10.7. The number of pyridine rings is 1. The molecule has 0 spiro atoms. The molecule has 1 N–H and O–H groups in total. The fourth-order valence-electron chi connectivity index (χ4n) is 2.75. The molecule has 1 aliphatic heterocycles. The van der Waals surface area contributed by atoms with Gasteiger partial charge in [0.1, 0.15) is 11.4 Å². The SMILES string of the molecule is O=C(c1ccc(F)cc1)N1CCC(O)(c2ccccn2)CC1. The first kappa shape index (κ1) is 14.7. The molecule has 3 rings (SSSR count). The fraction of sp³-hybridized carbons (Fsp3) is 0.294. The minimum absolute atomic E-state index is 0.136. The molecule has 0 aliphatic carbocycles. The van der Waals surface area contributed by atoms with Crippen molar-refractivity contribution in [3.05, 3.63) is 65.7 Å². The number of carbonyl (C=O) groups is 1. The Balaban J connectivity index is 1.69. The van der Waals surface area contributed by atoms with Gasteiger partial charge in [-0.25, -0.2) is 4.39 Å². The van der Waals surface area contributed by atoms with Crippen molar-refractivity contribution in [3.63, 3.8) is 0 Å². The van der Waals surface area contributed by atoms with E-state index in [-0.39, 0.29) is 11.7 Å². The Hall–Kier alpha value is -2.27. The summed E-state index contributed by atoms with van der Waals surface area (Å²) in [5.74, 6) is -0.497. The number of hydrogen-bond donors (Lipinski definition) is 1. The summed E-state index contributed by atoms with van der Waals surface area (Å²) in [6.45, 7) is 0.895. The molecule has 4 nitrogen and oxygen atoms in total. The van der Waals surface area contributed by atoms with Gasteiger partial charge in [-0.15, -0.1) is 0 Å². The number of halogens is 1. The third-order valence-electron chi connectivity index (χ3n) is 4.11. The number of likely N-dealkylation sites (tertiary alicyclic amines) is 1. The smallest absolute Gasteiger partial charge is 0.253 e. The maximum Gasteiger partial charge on any atom is 0.253 e. The summed E-state index contributed by atoms with van der Waals surface area (Å²) in [6.07, 6.45) is 2.54. The number of aromatic nitrogens is 1. The average molecular weight is 300 g/mol. The van der Waals surface area contributed by atoms with Crippen LogP contribution in [-0.4, -0.2) is 34.0 Å². The zero-order valence-corrected chi connectivity index (χ0v) is 12.1. The van der Waals surface area contributed by atoms with Crippen LogP contribution < -0.4 is 0 Å². The first-order valence-corrected chi connectivity index (χ1v) is 7.27. The van der Waals surface area contributed by atoms with E-state index in [0.717, 1.165) is 0 Å². The number of carbonyl (C=O) groups excluding carboxylic acids is 1. The Morgan fingerprint density at radius 1 is 1.14 bits per heavy atom. The highest BCUT2D eigenvalue weighted by Gasteiger charge is 2.36. The number of nitrogens with zero attached hydrogens (tertiary/aromatic N) is 2. The van der Waals surface area contributed by atoms with Gasteiger partial charge in [0.25, 0.3) is 5.91 Å². The van der Waals surface area contributed by atoms with Crippen molar-refractivity contribution in [3.8, 4) is 0 Å². The van der Waals surface area contributed by atoms with Crippen LogP contribution in [0.15, 0.2) is 48.7 Å². The van der Waals surface area contributed by atoms with E-state index in [2.05, 4.69) is 4.98 Å². The highest BCUT2D eigenvalue weighted by atomic mass is 19.1. The van der Waals surface area contributed by atoms with Gasteiger partial charge in [0, 0.05) is 24.8 Å². The van der Waals surface area contributed by atoms with Gasteiger partial charge in [0.2, 0.25) is 0 Å². The fourth-order valence-corrected chi connectivity index (χ4v) is 2.75. The summed E-state index contributed by atoms with van der Waals surface area (Å²) < 4.78 is 12.9. The van der Waals surface area contributed by atoms with E-state index in [1.165, 1.54) is 24.3 Å². The van der Waals surface area contributed by atoms with E-state index in [1.54, 1.807) is 23.2 Å². The predicted molar refractivity (Wildman–Crippen MR) is 79.7 cm³/mol. The summed E-state index contributed by atoms with van der Waals surface area (Å²) >= 11 is 0. The Labute approximate surface area is 128 Å². The molecule has 1 aliphatic rings. The van der Waals surface area contributed by atoms with Crippen molar-refractivity contribution in [1.29, 1.82) is 0 Å². The lowest BCUT2D eigenvalue weighted by Gasteiger charge is -2.37. The van der Waals surface area contributed by atoms with Crippen molar-refractivity contribution in [2.45, 2.75) is 18.4 Å². The van der Waals surface area contributed by atoms with Crippen molar-refractivity contribution in [2.24, 2.45) is 0 Å². The van der Waals surface area contributed by atoms with E-state index in [1.807, 2.05) is 6.07 Å². The minimum Gasteiger partial charge on any atom is -0.383 e. The van der Waals surface area contributed by atoms with Gasteiger partial charge in [-0.3, -0.25) is 9.78 Å². The molecule has 0 unspecified atom stereocenters. The molecule has 0 radical (unpaired) electrons. The van der Waals surface area contributed by atoms with Gasteiger partial charge in [-0.05, 0) is 49.2 Å². The number of piperidine rings is 1. The van der Waals surface area contributed by atoms with Crippen LogP contribution in [0.3, 0.4) is 0 Å². The standard InChI is InChI=1S/C17H17FN2O2/c18-14-6-4-13(5-7-14)16(21)20-11-8-17(22,9-12-20)15-3-1-2-10-19-15/h1-7,10,22H,8-9,11-12H2. The lowest BCUT2D eigenvalue weighted by molar-refractivity contribution is -0.0244. The van der Waals surface area contributed by atoms with E-state index in [9.17, 15) is 14.3 Å². The number of benzene rings is 1. The summed E-state index contributed by atoms with van der Waals surface area (Å²) in [4.78, 5) is 18.3.